The van der Waals surface area contributed by atoms with Gasteiger partial charge in [-0.2, -0.15) is 21.6 Å². The van der Waals surface area contributed by atoms with Crippen molar-refractivity contribution in [2.75, 3.05) is 12.5 Å². The van der Waals surface area contributed by atoms with Gasteiger partial charge in [0.15, 0.2) is 0 Å². The summed E-state index contributed by atoms with van der Waals surface area (Å²) in [5.74, 6) is -1.25. The van der Waals surface area contributed by atoms with Crippen LogP contribution in [0, 0.1) is 5.82 Å². The lowest BCUT2D eigenvalue weighted by atomic mass is 10.2. The summed E-state index contributed by atoms with van der Waals surface area (Å²) >= 11 is 0. The normalized spacial score (nSPS) is 15.5. The molecule has 0 heterocycles. The van der Waals surface area contributed by atoms with Crippen molar-refractivity contribution in [2.24, 2.45) is 0 Å². The van der Waals surface area contributed by atoms with E-state index in [4.69, 9.17) is 4.52 Å². The summed E-state index contributed by atoms with van der Waals surface area (Å²) in [5.41, 5.74) is -1.70. The van der Waals surface area contributed by atoms with E-state index in [1.165, 1.54) is 6.92 Å². The van der Waals surface area contributed by atoms with Gasteiger partial charge in [0.05, 0.1) is 11.7 Å². The Bertz CT molecular complexity index is 730. The summed E-state index contributed by atoms with van der Waals surface area (Å²) in [4.78, 5) is -1.25. The molecule has 138 valence electrons. The molecule has 0 aliphatic rings. The van der Waals surface area contributed by atoms with Crippen molar-refractivity contribution in [3.63, 3.8) is 0 Å². The third-order valence-corrected chi connectivity index (χ3v) is 6.60. The van der Waals surface area contributed by atoms with Gasteiger partial charge in [-0.15, -0.1) is 0 Å². The molecule has 1 aromatic carbocycles. The van der Waals surface area contributed by atoms with Gasteiger partial charge in [-0.3, -0.25) is 8.75 Å². The Hall–Kier alpha value is -0.960. The van der Waals surface area contributed by atoms with Crippen LogP contribution in [-0.4, -0.2) is 27.0 Å². The lowest BCUT2D eigenvalue weighted by Gasteiger charge is -2.20. The predicted octanol–water partition coefficient (Wildman–Crippen LogP) is 4.23. The van der Waals surface area contributed by atoms with E-state index in [0.717, 1.165) is 0 Å². The molecule has 24 heavy (non-hydrogen) atoms. The number of alkyl halides is 3. The highest BCUT2D eigenvalue weighted by Crippen LogP contribution is 2.48. The van der Waals surface area contributed by atoms with E-state index < -0.39 is 52.4 Å². The van der Waals surface area contributed by atoms with E-state index in [2.05, 4.69) is 4.18 Å². The van der Waals surface area contributed by atoms with Crippen molar-refractivity contribution < 1.29 is 39.3 Å². The zero-order valence-electron chi connectivity index (χ0n) is 13.1. The summed E-state index contributed by atoms with van der Waals surface area (Å²) < 4.78 is 97.8. The first-order valence-electron chi connectivity index (χ1n) is 6.83. The van der Waals surface area contributed by atoms with Gasteiger partial charge in [0, 0.05) is 6.16 Å². The molecule has 1 atom stereocenters. The van der Waals surface area contributed by atoms with E-state index in [0.29, 0.717) is 12.1 Å². The van der Waals surface area contributed by atoms with Crippen LogP contribution in [0.2, 0.25) is 0 Å². The summed E-state index contributed by atoms with van der Waals surface area (Å²) in [7, 11) is -8.40. The van der Waals surface area contributed by atoms with Gasteiger partial charge in [-0.05, 0) is 32.0 Å². The molecule has 0 amide bonds. The molecule has 1 unspecified atom stereocenters. The minimum Gasteiger partial charge on any atom is -0.324 e. The molecular weight excluding hydrogens is 375 g/mol. The average Bonchev–Trinajstić information content (AvgIpc) is 2.43. The van der Waals surface area contributed by atoms with Gasteiger partial charge < -0.3 is 4.52 Å². The van der Waals surface area contributed by atoms with Crippen LogP contribution in [0.4, 0.5) is 17.6 Å². The molecule has 0 aromatic heterocycles. The van der Waals surface area contributed by atoms with Gasteiger partial charge in [0.2, 0.25) is 7.37 Å². The molecule has 11 heteroatoms. The Morgan fingerprint density at radius 1 is 1.25 bits per heavy atom. The number of benzene rings is 1. The molecule has 0 saturated carbocycles. The van der Waals surface area contributed by atoms with Crippen LogP contribution in [0.15, 0.2) is 23.1 Å². The SMILES string of the molecule is CCP(=O)(COS(=O)(=O)c1ccc(F)cc1C(F)(F)F)OC(C)C. The fourth-order valence-corrected chi connectivity index (χ4v) is 4.90. The molecule has 0 N–H and O–H groups in total. The Labute approximate surface area is 137 Å². The average molecular weight is 392 g/mol. The third kappa shape index (κ3) is 5.54. The molecule has 0 bridgehead atoms. The maximum atomic E-state index is 13.0. The monoisotopic (exact) mass is 392 g/mol. The maximum Gasteiger partial charge on any atom is 0.417 e. The molecule has 0 spiro atoms. The molecular formula is C13H17F4O5PS. The van der Waals surface area contributed by atoms with E-state index in [1.54, 1.807) is 13.8 Å². The van der Waals surface area contributed by atoms with E-state index in [9.17, 15) is 30.5 Å². The first kappa shape index (κ1) is 21.1. The minimum atomic E-state index is -5.10. The molecule has 0 saturated heterocycles. The van der Waals surface area contributed by atoms with Crippen LogP contribution < -0.4 is 0 Å². The van der Waals surface area contributed by atoms with Crippen molar-refractivity contribution in [2.45, 2.75) is 37.9 Å². The van der Waals surface area contributed by atoms with Gasteiger partial charge in [-0.25, -0.2) is 4.39 Å². The van der Waals surface area contributed by atoms with Crippen molar-refractivity contribution in [3.05, 3.63) is 29.6 Å². The van der Waals surface area contributed by atoms with Crippen LogP contribution in [-0.2, 0) is 29.6 Å². The summed E-state index contributed by atoms with van der Waals surface area (Å²) in [6.45, 7) is 4.61. The Balaban J connectivity index is 3.16. The van der Waals surface area contributed by atoms with E-state index >= 15 is 0 Å². The molecule has 1 rings (SSSR count). The smallest absolute Gasteiger partial charge is 0.324 e. The quantitative estimate of drug-likeness (QED) is 0.395. The fourth-order valence-electron chi connectivity index (χ4n) is 1.74. The van der Waals surface area contributed by atoms with Gasteiger partial charge >= 0.3 is 6.18 Å². The fraction of sp³-hybridized carbons (Fsp3) is 0.538. The summed E-state index contributed by atoms with van der Waals surface area (Å²) in [6, 6.07) is 1.07. The molecule has 0 aliphatic heterocycles. The first-order valence-corrected chi connectivity index (χ1v) is 10.2. The Kier molecular flexibility index (Phi) is 6.60. The highest BCUT2D eigenvalue weighted by molar-refractivity contribution is 7.87. The topological polar surface area (TPSA) is 69.7 Å². The highest BCUT2D eigenvalue weighted by Gasteiger charge is 2.39. The second-order valence-electron chi connectivity index (χ2n) is 5.12. The van der Waals surface area contributed by atoms with Crippen molar-refractivity contribution in [1.29, 1.82) is 0 Å². The maximum absolute atomic E-state index is 13.0. The second-order valence-corrected chi connectivity index (χ2v) is 9.44. The van der Waals surface area contributed by atoms with E-state index in [1.807, 2.05) is 0 Å². The van der Waals surface area contributed by atoms with Gasteiger partial charge in [-0.1, -0.05) is 6.92 Å². The van der Waals surface area contributed by atoms with Crippen molar-refractivity contribution in [3.8, 4) is 0 Å². The van der Waals surface area contributed by atoms with Crippen molar-refractivity contribution in [1.82, 2.24) is 0 Å². The number of rotatable bonds is 7. The molecule has 0 radical (unpaired) electrons. The molecule has 1 aromatic rings. The predicted molar refractivity (Wildman–Crippen MR) is 78.9 cm³/mol. The van der Waals surface area contributed by atoms with Crippen LogP contribution in [0.3, 0.4) is 0 Å². The van der Waals surface area contributed by atoms with Gasteiger partial charge in [0.1, 0.15) is 17.1 Å². The Morgan fingerprint density at radius 2 is 1.83 bits per heavy atom. The zero-order valence-corrected chi connectivity index (χ0v) is 14.8. The zero-order chi connectivity index (χ0) is 18.8. The standard InChI is InChI=1S/C13H17F4O5PS/c1-4-23(18,22-9(2)3)8-21-24(19,20)12-6-5-10(14)7-11(12)13(15,16)17/h5-7,9H,4,8H2,1-3H3. The van der Waals surface area contributed by atoms with Crippen LogP contribution in [0.1, 0.15) is 26.3 Å². The number of halogens is 4. The first-order chi connectivity index (χ1) is 10.8. The molecule has 0 fully saturated rings. The minimum absolute atomic E-state index is 0.0558. The highest BCUT2D eigenvalue weighted by atomic mass is 32.2. The van der Waals surface area contributed by atoms with E-state index in [-0.39, 0.29) is 12.2 Å². The van der Waals surface area contributed by atoms with Crippen molar-refractivity contribution >= 4 is 17.5 Å². The van der Waals surface area contributed by atoms with Crippen LogP contribution >= 0.6 is 7.37 Å². The summed E-state index contributed by atoms with van der Waals surface area (Å²) in [6.07, 6.45) is -6.55. The number of hydrogen-bond acceptors (Lipinski definition) is 5. The largest absolute Gasteiger partial charge is 0.417 e. The third-order valence-electron chi connectivity index (χ3n) is 2.81. The number of hydrogen-bond donors (Lipinski definition) is 0. The Morgan fingerprint density at radius 3 is 2.29 bits per heavy atom. The molecule has 0 aliphatic carbocycles. The lowest BCUT2D eigenvalue weighted by Crippen LogP contribution is -2.17. The van der Waals surface area contributed by atoms with Crippen LogP contribution in [0.25, 0.3) is 0 Å². The second kappa shape index (κ2) is 7.51. The summed E-state index contributed by atoms with van der Waals surface area (Å²) in [5, 5.41) is 0. The molecule has 5 nitrogen and oxygen atoms in total. The van der Waals surface area contributed by atoms with Gasteiger partial charge in [0.25, 0.3) is 10.1 Å². The lowest BCUT2D eigenvalue weighted by molar-refractivity contribution is -0.140. The van der Waals surface area contributed by atoms with Crippen LogP contribution in [0.5, 0.6) is 0 Å².